The molecule has 1 aliphatic rings. The number of benzene rings is 1. The van der Waals surface area contributed by atoms with Gasteiger partial charge in [0, 0.05) is 38.3 Å². The minimum atomic E-state index is 0. The van der Waals surface area contributed by atoms with Crippen molar-refractivity contribution in [3.8, 4) is 11.5 Å². The minimum absolute atomic E-state index is 0. The number of phenolic OH excluding ortho intramolecular Hbond substituents is 1. The molecule has 1 aromatic carbocycles. The number of rotatable bonds is 8. The van der Waals surface area contributed by atoms with Crippen molar-refractivity contribution in [3.05, 3.63) is 23.8 Å². The number of likely N-dealkylation sites (tertiary alicyclic amines) is 1. The van der Waals surface area contributed by atoms with Crippen LogP contribution in [0.25, 0.3) is 0 Å². The molecule has 0 radical (unpaired) electrons. The Hall–Kier alpha value is -1.22. The van der Waals surface area contributed by atoms with Gasteiger partial charge in [0.2, 0.25) is 0 Å². The van der Waals surface area contributed by atoms with Gasteiger partial charge >= 0.3 is 0 Å². The molecule has 0 amide bonds. The van der Waals surface area contributed by atoms with Gasteiger partial charge in [0.15, 0.2) is 5.96 Å². The first-order chi connectivity index (χ1) is 12.7. The Labute approximate surface area is 180 Å². The molecule has 2 rings (SSSR count). The minimum Gasteiger partial charge on any atom is -0.508 e. The summed E-state index contributed by atoms with van der Waals surface area (Å²) < 4.78 is 5.12. The number of methoxy groups -OCH3 is 1. The Kier molecular flexibility index (Phi) is 11.5. The molecule has 0 unspecified atom stereocenters. The second kappa shape index (κ2) is 13.0. The summed E-state index contributed by atoms with van der Waals surface area (Å²) in [5.41, 5.74) is 0.887. The smallest absolute Gasteiger partial charge is 0.191 e. The molecule has 1 saturated heterocycles. The first-order valence-electron chi connectivity index (χ1n) is 9.79. The Morgan fingerprint density at radius 1 is 1.30 bits per heavy atom. The molecule has 0 spiro atoms. The number of halogens is 1. The van der Waals surface area contributed by atoms with E-state index in [-0.39, 0.29) is 29.7 Å². The zero-order valence-electron chi connectivity index (χ0n) is 16.8. The van der Waals surface area contributed by atoms with Crippen LogP contribution in [-0.4, -0.2) is 61.8 Å². The zero-order chi connectivity index (χ0) is 18.8. The van der Waals surface area contributed by atoms with Crippen LogP contribution in [0.4, 0.5) is 0 Å². The Bertz CT molecular complexity index is 575. The number of guanidine groups is 1. The SMILES string of the molecule is CCCN1CCC(NC(=NCCc2ccc(OC)cc2O)NCC)CC1.I. The van der Waals surface area contributed by atoms with E-state index in [1.54, 1.807) is 13.2 Å². The highest BCUT2D eigenvalue weighted by Crippen LogP contribution is 2.23. The molecule has 0 atom stereocenters. The lowest BCUT2D eigenvalue weighted by Gasteiger charge is -2.32. The summed E-state index contributed by atoms with van der Waals surface area (Å²) in [4.78, 5) is 7.22. The molecule has 27 heavy (non-hydrogen) atoms. The quantitative estimate of drug-likeness (QED) is 0.297. The number of ether oxygens (including phenoxy) is 1. The molecule has 1 heterocycles. The lowest BCUT2D eigenvalue weighted by atomic mass is 10.1. The number of nitrogens with one attached hydrogen (secondary N) is 2. The molecule has 0 bridgehead atoms. The largest absolute Gasteiger partial charge is 0.508 e. The van der Waals surface area contributed by atoms with Crippen LogP contribution in [0.2, 0.25) is 0 Å². The average molecular weight is 490 g/mol. The molecule has 0 aliphatic carbocycles. The third kappa shape index (κ3) is 8.13. The highest BCUT2D eigenvalue weighted by Gasteiger charge is 2.19. The number of piperidine rings is 1. The molecule has 1 fully saturated rings. The van der Waals surface area contributed by atoms with Crippen molar-refractivity contribution in [2.24, 2.45) is 4.99 Å². The fourth-order valence-electron chi connectivity index (χ4n) is 3.30. The summed E-state index contributed by atoms with van der Waals surface area (Å²) in [6.07, 6.45) is 4.23. The van der Waals surface area contributed by atoms with Crippen LogP contribution in [0.1, 0.15) is 38.7 Å². The van der Waals surface area contributed by atoms with Gasteiger partial charge in [-0.25, -0.2) is 0 Å². The number of hydrogen-bond donors (Lipinski definition) is 3. The van der Waals surface area contributed by atoms with Gasteiger partial charge in [0.25, 0.3) is 0 Å². The molecule has 0 saturated carbocycles. The van der Waals surface area contributed by atoms with Crippen LogP contribution >= 0.6 is 24.0 Å². The monoisotopic (exact) mass is 490 g/mol. The fraction of sp³-hybridized carbons (Fsp3) is 0.650. The summed E-state index contributed by atoms with van der Waals surface area (Å²) in [5.74, 6) is 1.80. The van der Waals surface area contributed by atoms with Gasteiger partial charge in [0.05, 0.1) is 7.11 Å². The van der Waals surface area contributed by atoms with Crippen LogP contribution in [0.15, 0.2) is 23.2 Å². The fourth-order valence-corrected chi connectivity index (χ4v) is 3.30. The highest BCUT2D eigenvalue weighted by atomic mass is 127. The Morgan fingerprint density at radius 3 is 2.63 bits per heavy atom. The number of nitrogens with zero attached hydrogens (tertiary/aromatic N) is 2. The van der Waals surface area contributed by atoms with Crippen molar-refractivity contribution in [1.29, 1.82) is 0 Å². The van der Waals surface area contributed by atoms with E-state index in [1.807, 2.05) is 12.1 Å². The van der Waals surface area contributed by atoms with E-state index >= 15 is 0 Å². The van der Waals surface area contributed by atoms with Crippen LogP contribution in [0, 0.1) is 0 Å². The molecule has 7 heteroatoms. The number of aromatic hydroxyl groups is 1. The first-order valence-corrected chi connectivity index (χ1v) is 9.79. The third-order valence-electron chi connectivity index (χ3n) is 4.76. The van der Waals surface area contributed by atoms with Crippen molar-refractivity contribution in [3.63, 3.8) is 0 Å². The third-order valence-corrected chi connectivity index (χ3v) is 4.76. The van der Waals surface area contributed by atoms with Crippen molar-refractivity contribution >= 4 is 29.9 Å². The summed E-state index contributed by atoms with van der Waals surface area (Å²) in [7, 11) is 1.60. The summed E-state index contributed by atoms with van der Waals surface area (Å²) in [6, 6.07) is 5.89. The van der Waals surface area contributed by atoms with E-state index in [2.05, 4.69) is 34.4 Å². The van der Waals surface area contributed by atoms with E-state index in [1.165, 1.54) is 13.0 Å². The summed E-state index contributed by atoms with van der Waals surface area (Å²) >= 11 is 0. The van der Waals surface area contributed by atoms with Crippen LogP contribution < -0.4 is 15.4 Å². The maximum Gasteiger partial charge on any atom is 0.191 e. The summed E-state index contributed by atoms with van der Waals surface area (Å²) in [6.45, 7) is 9.30. The van der Waals surface area contributed by atoms with Crippen molar-refractivity contribution in [1.82, 2.24) is 15.5 Å². The molecule has 1 aliphatic heterocycles. The van der Waals surface area contributed by atoms with Gasteiger partial charge < -0.3 is 25.4 Å². The van der Waals surface area contributed by atoms with Crippen LogP contribution in [0.5, 0.6) is 11.5 Å². The zero-order valence-corrected chi connectivity index (χ0v) is 19.2. The molecule has 154 valence electrons. The second-order valence-electron chi connectivity index (χ2n) is 6.77. The van der Waals surface area contributed by atoms with Crippen molar-refractivity contribution < 1.29 is 9.84 Å². The standard InChI is InChI=1S/C20H34N4O2.HI/c1-4-12-24-13-9-17(10-14-24)23-20(21-5-2)22-11-8-16-6-7-18(26-3)15-19(16)25;/h6-7,15,17,25H,4-5,8-14H2,1-3H3,(H2,21,22,23);1H. The molecule has 3 N–H and O–H groups in total. The Balaban J connectivity index is 0.00000364. The van der Waals surface area contributed by atoms with Gasteiger partial charge in [-0.1, -0.05) is 13.0 Å². The van der Waals surface area contributed by atoms with E-state index in [0.29, 0.717) is 24.8 Å². The average Bonchev–Trinajstić information content (AvgIpc) is 2.65. The van der Waals surface area contributed by atoms with Gasteiger partial charge in [-0.05, 0) is 50.8 Å². The normalized spacial score (nSPS) is 15.9. The van der Waals surface area contributed by atoms with Gasteiger partial charge in [-0.3, -0.25) is 4.99 Å². The summed E-state index contributed by atoms with van der Waals surface area (Å²) in [5, 5.41) is 17.0. The maximum atomic E-state index is 10.1. The predicted octanol–water partition coefficient (Wildman–Crippen LogP) is 2.99. The van der Waals surface area contributed by atoms with Crippen molar-refractivity contribution in [2.45, 2.75) is 45.6 Å². The lowest BCUT2D eigenvalue weighted by molar-refractivity contribution is 0.206. The Morgan fingerprint density at radius 2 is 2.04 bits per heavy atom. The maximum absolute atomic E-state index is 10.1. The van der Waals surface area contributed by atoms with Gasteiger partial charge in [-0.15, -0.1) is 24.0 Å². The van der Waals surface area contributed by atoms with Crippen LogP contribution in [0.3, 0.4) is 0 Å². The van der Waals surface area contributed by atoms with Crippen LogP contribution in [-0.2, 0) is 6.42 Å². The van der Waals surface area contributed by atoms with E-state index in [0.717, 1.165) is 44.0 Å². The molecule has 6 nitrogen and oxygen atoms in total. The predicted molar refractivity (Wildman–Crippen MR) is 123 cm³/mol. The molecule has 0 aromatic heterocycles. The molecule has 1 aromatic rings. The second-order valence-corrected chi connectivity index (χ2v) is 6.77. The molecular weight excluding hydrogens is 455 g/mol. The van der Waals surface area contributed by atoms with E-state index in [4.69, 9.17) is 4.74 Å². The highest BCUT2D eigenvalue weighted by molar-refractivity contribution is 14.0. The lowest BCUT2D eigenvalue weighted by Crippen LogP contribution is -2.48. The van der Waals surface area contributed by atoms with Gasteiger partial charge in [0.1, 0.15) is 11.5 Å². The van der Waals surface area contributed by atoms with E-state index < -0.39 is 0 Å². The number of phenols is 1. The molecular formula is C20H35IN4O2. The van der Waals surface area contributed by atoms with Crippen molar-refractivity contribution in [2.75, 3.05) is 39.8 Å². The number of aliphatic imine (C=N–C) groups is 1. The topological polar surface area (TPSA) is 69.1 Å². The van der Waals surface area contributed by atoms with Gasteiger partial charge in [-0.2, -0.15) is 0 Å². The van der Waals surface area contributed by atoms with E-state index in [9.17, 15) is 5.11 Å². The first kappa shape index (κ1) is 23.8. The number of hydrogen-bond acceptors (Lipinski definition) is 4.